The van der Waals surface area contributed by atoms with Gasteiger partial charge in [0.05, 0.1) is 6.04 Å². The third-order valence-electron chi connectivity index (χ3n) is 2.57. The average molecular weight is 262 g/mol. The maximum absolute atomic E-state index is 12.0. The first kappa shape index (κ1) is 13.0. The van der Waals surface area contributed by atoms with Crippen molar-refractivity contribution in [1.29, 1.82) is 0 Å². The molecule has 0 saturated heterocycles. The number of aromatic hydroxyl groups is 1. The summed E-state index contributed by atoms with van der Waals surface area (Å²) in [6.45, 7) is 3.56. The molecule has 100 valence electrons. The molecular formula is C12H14N4O3. The van der Waals surface area contributed by atoms with Crippen LogP contribution in [0.5, 0.6) is 5.75 Å². The number of carbonyl (C=O) groups is 1. The molecule has 0 radical (unpaired) electrons. The summed E-state index contributed by atoms with van der Waals surface area (Å²) in [6.07, 6.45) is 2.03. The van der Waals surface area contributed by atoms with Crippen LogP contribution in [-0.2, 0) is 0 Å². The molecule has 0 aromatic carbocycles. The largest absolute Gasteiger partial charge is 0.505 e. The third kappa shape index (κ3) is 2.87. The molecule has 1 atom stereocenters. The van der Waals surface area contributed by atoms with E-state index >= 15 is 0 Å². The minimum atomic E-state index is -0.479. The molecule has 0 spiro atoms. The van der Waals surface area contributed by atoms with Gasteiger partial charge in [0.2, 0.25) is 5.89 Å². The Kier molecular flexibility index (Phi) is 3.74. The number of rotatable bonds is 4. The molecule has 0 saturated carbocycles. The minimum Gasteiger partial charge on any atom is -0.505 e. The number of nitrogens with zero attached hydrogens (tertiary/aromatic N) is 3. The van der Waals surface area contributed by atoms with Crippen molar-refractivity contribution in [2.45, 2.75) is 26.3 Å². The van der Waals surface area contributed by atoms with E-state index in [9.17, 15) is 9.90 Å². The highest BCUT2D eigenvalue weighted by molar-refractivity contribution is 5.94. The smallest absolute Gasteiger partial charge is 0.274 e. The molecule has 0 aliphatic carbocycles. The van der Waals surface area contributed by atoms with Gasteiger partial charge >= 0.3 is 0 Å². The van der Waals surface area contributed by atoms with Gasteiger partial charge in [-0.3, -0.25) is 4.79 Å². The van der Waals surface area contributed by atoms with Gasteiger partial charge in [0.1, 0.15) is 5.75 Å². The van der Waals surface area contributed by atoms with Gasteiger partial charge in [-0.2, -0.15) is 4.98 Å². The molecule has 0 aliphatic heterocycles. The maximum atomic E-state index is 12.0. The highest BCUT2D eigenvalue weighted by atomic mass is 16.5. The molecule has 7 nitrogen and oxygen atoms in total. The molecular weight excluding hydrogens is 248 g/mol. The SMILES string of the molecule is CC[C@H](NC(=O)c1ncccc1O)c1noc(C)n1. The monoisotopic (exact) mass is 262 g/mol. The van der Waals surface area contributed by atoms with Crippen molar-refractivity contribution >= 4 is 5.91 Å². The Morgan fingerprint density at radius 3 is 2.95 bits per heavy atom. The predicted molar refractivity (Wildman–Crippen MR) is 65.4 cm³/mol. The fourth-order valence-electron chi connectivity index (χ4n) is 1.60. The van der Waals surface area contributed by atoms with E-state index in [1.165, 1.54) is 12.3 Å². The molecule has 2 N–H and O–H groups in total. The first-order valence-corrected chi connectivity index (χ1v) is 5.87. The van der Waals surface area contributed by atoms with Crippen LogP contribution in [0.1, 0.15) is 41.6 Å². The van der Waals surface area contributed by atoms with Crippen LogP contribution in [0.4, 0.5) is 0 Å². The summed E-state index contributed by atoms with van der Waals surface area (Å²) < 4.78 is 4.88. The van der Waals surface area contributed by atoms with Crippen molar-refractivity contribution < 1.29 is 14.4 Å². The molecule has 0 aliphatic rings. The molecule has 0 fully saturated rings. The van der Waals surface area contributed by atoms with Crippen molar-refractivity contribution in [1.82, 2.24) is 20.4 Å². The van der Waals surface area contributed by atoms with Gasteiger partial charge in [0.25, 0.3) is 5.91 Å². The van der Waals surface area contributed by atoms with Crippen molar-refractivity contribution in [2.75, 3.05) is 0 Å². The van der Waals surface area contributed by atoms with E-state index in [2.05, 4.69) is 20.4 Å². The van der Waals surface area contributed by atoms with Crippen molar-refractivity contribution in [3.63, 3.8) is 0 Å². The lowest BCUT2D eigenvalue weighted by Crippen LogP contribution is -2.29. The van der Waals surface area contributed by atoms with Crippen LogP contribution < -0.4 is 5.32 Å². The van der Waals surface area contributed by atoms with Crippen LogP contribution in [0.15, 0.2) is 22.9 Å². The fraction of sp³-hybridized carbons (Fsp3) is 0.333. The zero-order valence-electron chi connectivity index (χ0n) is 10.6. The fourth-order valence-corrected chi connectivity index (χ4v) is 1.60. The number of hydrogen-bond donors (Lipinski definition) is 2. The molecule has 2 aromatic heterocycles. The van der Waals surface area contributed by atoms with Gasteiger partial charge in [-0.05, 0) is 18.6 Å². The number of pyridine rings is 1. The van der Waals surface area contributed by atoms with Crippen molar-refractivity contribution in [2.24, 2.45) is 0 Å². The zero-order valence-corrected chi connectivity index (χ0v) is 10.6. The van der Waals surface area contributed by atoms with E-state index in [0.717, 1.165) is 0 Å². The molecule has 2 rings (SSSR count). The Hall–Kier alpha value is -2.44. The number of aryl methyl sites for hydroxylation is 1. The lowest BCUT2D eigenvalue weighted by molar-refractivity contribution is 0.0925. The number of carbonyl (C=O) groups excluding carboxylic acids is 1. The summed E-state index contributed by atoms with van der Waals surface area (Å²) in [5.74, 6) is 0.193. The standard InChI is InChI=1S/C12H14N4O3/c1-3-8(11-14-7(2)19-16-11)15-12(18)10-9(17)5-4-6-13-10/h4-6,8,17H,3H2,1-2H3,(H,15,18)/t8-/m0/s1. The molecule has 0 unspecified atom stereocenters. The van der Waals surface area contributed by atoms with E-state index in [0.29, 0.717) is 18.1 Å². The Bertz CT molecular complexity index is 582. The normalized spacial score (nSPS) is 12.1. The summed E-state index contributed by atoms with van der Waals surface area (Å²) in [6, 6.07) is 2.57. The highest BCUT2D eigenvalue weighted by Crippen LogP contribution is 2.17. The Morgan fingerprint density at radius 1 is 1.58 bits per heavy atom. The molecule has 19 heavy (non-hydrogen) atoms. The lowest BCUT2D eigenvalue weighted by atomic mass is 10.2. The second kappa shape index (κ2) is 5.47. The van der Waals surface area contributed by atoms with Gasteiger partial charge in [0.15, 0.2) is 11.5 Å². The Labute approximate surface area is 109 Å². The lowest BCUT2D eigenvalue weighted by Gasteiger charge is -2.13. The van der Waals surface area contributed by atoms with Gasteiger partial charge in [0, 0.05) is 13.1 Å². The molecule has 7 heteroatoms. The average Bonchev–Trinajstić information content (AvgIpc) is 2.82. The molecule has 1 amide bonds. The molecule has 2 aromatic rings. The second-order valence-corrected chi connectivity index (χ2v) is 3.98. The van der Waals surface area contributed by atoms with Crippen LogP contribution in [0.2, 0.25) is 0 Å². The summed E-state index contributed by atoms with van der Waals surface area (Å²) in [7, 11) is 0. The van der Waals surface area contributed by atoms with Crippen LogP contribution in [0, 0.1) is 6.92 Å². The predicted octanol–water partition coefficient (Wildman–Crippen LogP) is 1.36. The minimum absolute atomic E-state index is 0.0267. The molecule has 2 heterocycles. The van der Waals surface area contributed by atoms with Crippen LogP contribution in [0.25, 0.3) is 0 Å². The Balaban J connectivity index is 2.15. The summed E-state index contributed by atoms with van der Waals surface area (Å²) >= 11 is 0. The Morgan fingerprint density at radius 2 is 2.37 bits per heavy atom. The van der Waals surface area contributed by atoms with Crippen LogP contribution in [0.3, 0.4) is 0 Å². The second-order valence-electron chi connectivity index (χ2n) is 3.98. The van der Waals surface area contributed by atoms with Gasteiger partial charge in [-0.15, -0.1) is 0 Å². The summed E-state index contributed by atoms with van der Waals surface area (Å²) in [5.41, 5.74) is -0.0267. The molecule has 0 bridgehead atoms. The van der Waals surface area contributed by atoms with E-state index in [4.69, 9.17) is 4.52 Å². The van der Waals surface area contributed by atoms with Gasteiger partial charge in [-0.25, -0.2) is 4.98 Å². The maximum Gasteiger partial charge on any atom is 0.274 e. The number of amides is 1. The van der Waals surface area contributed by atoms with Crippen molar-refractivity contribution in [3.05, 3.63) is 35.7 Å². The van der Waals surface area contributed by atoms with E-state index in [1.54, 1.807) is 13.0 Å². The van der Waals surface area contributed by atoms with E-state index < -0.39 is 5.91 Å². The van der Waals surface area contributed by atoms with Crippen molar-refractivity contribution in [3.8, 4) is 5.75 Å². The van der Waals surface area contributed by atoms with E-state index in [-0.39, 0.29) is 17.5 Å². The number of hydrogen-bond acceptors (Lipinski definition) is 6. The highest BCUT2D eigenvalue weighted by Gasteiger charge is 2.21. The summed E-state index contributed by atoms with van der Waals surface area (Å²) in [5, 5.41) is 16.0. The third-order valence-corrected chi connectivity index (χ3v) is 2.57. The van der Waals surface area contributed by atoms with Gasteiger partial charge in [-0.1, -0.05) is 12.1 Å². The first-order chi connectivity index (χ1) is 9.11. The quantitative estimate of drug-likeness (QED) is 0.862. The van der Waals surface area contributed by atoms with Crippen LogP contribution in [-0.4, -0.2) is 26.1 Å². The number of nitrogens with one attached hydrogen (secondary N) is 1. The zero-order chi connectivity index (χ0) is 13.8. The van der Waals surface area contributed by atoms with Crippen LogP contribution >= 0.6 is 0 Å². The first-order valence-electron chi connectivity index (χ1n) is 5.87. The van der Waals surface area contributed by atoms with Gasteiger partial charge < -0.3 is 14.9 Å². The van der Waals surface area contributed by atoms with E-state index in [1.807, 2.05) is 6.92 Å². The topological polar surface area (TPSA) is 101 Å². The summed E-state index contributed by atoms with van der Waals surface area (Å²) in [4.78, 5) is 19.9. The number of aromatic nitrogens is 3.